The molecule has 0 atom stereocenters. The van der Waals surface area contributed by atoms with Crippen LogP contribution in [-0.4, -0.2) is 24.3 Å². The number of nitrogens with one attached hydrogen (secondary N) is 1. The predicted octanol–water partition coefficient (Wildman–Crippen LogP) is 2.23. The Morgan fingerprint density at radius 3 is 2.70 bits per heavy atom. The van der Waals surface area contributed by atoms with Crippen molar-refractivity contribution in [2.75, 3.05) is 10.5 Å². The lowest BCUT2D eigenvalue weighted by atomic mass is 9.98. The molecule has 1 aliphatic rings. The van der Waals surface area contributed by atoms with Gasteiger partial charge in [0.15, 0.2) is 5.82 Å². The van der Waals surface area contributed by atoms with Gasteiger partial charge in [-0.25, -0.2) is 8.42 Å². The monoisotopic (exact) mass is 336 g/mol. The molecule has 0 saturated heterocycles. The van der Waals surface area contributed by atoms with E-state index in [2.05, 4.69) is 14.9 Å². The van der Waals surface area contributed by atoms with Crippen LogP contribution in [-0.2, 0) is 15.6 Å². The van der Waals surface area contributed by atoms with Gasteiger partial charge in [0.2, 0.25) is 10.0 Å². The number of hydrogen-bond acceptors (Lipinski definition) is 6. The van der Waals surface area contributed by atoms with Crippen molar-refractivity contribution in [2.24, 2.45) is 5.73 Å². The zero-order valence-electron chi connectivity index (χ0n) is 12.9. The van der Waals surface area contributed by atoms with Crippen molar-refractivity contribution in [2.45, 2.75) is 38.1 Å². The van der Waals surface area contributed by atoms with Crippen molar-refractivity contribution >= 4 is 15.7 Å². The van der Waals surface area contributed by atoms with E-state index >= 15 is 0 Å². The van der Waals surface area contributed by atoms with Gasteiger partial charge < -0.3 is 10.3 Å². The van der Waals surface area contributed by atoms with Gasteiger partial charge in [0, 0.05) is 0 Å². The smallest absolute Gasteiger partial charge is 0.260 e. The van der Waals surface area contributed by atoms with Crippen molar-refractivity contribution in [3.8, 4) is 11.5 Å². The lowest BCUT2D eigenvalue weighted by molar-refractivity contribution is 0.373. The van der Waals surface area contributed by atoms with Gasteiger partial charge in [0.1, 0.15) is 0 Å². The SMILES string of the molecule is CCS(=O)(=O)Nc1ccccc1-c1nc(C2(N)CCCC2)no1. The highest BCUT2D eigenvalue weighted by Crippen LogP contribution is 2.36. The first-order valence-electron chi connectivity index (χ1n) is 7.66. The number of benzene rings is 1. The molecular weight excluding hydrogens is 316 g/mol. The molecule has 1 aromatic heterocycles. The maximum atomic E-state index is 11.8. The summed E-state index contributed by atoms with van der Waals surface area (Å²) in [4.78, 5) is 4.41. The molecule has 2 aromatic rings. The van der Waals surface area contributed by atoms with E-state index < -0.39 is 15.6 Å². The van der Waals surface area contributed by atoms with E-state index in [1.807, 2.05) is 0 Å². The van der Waals surface area contributed by atoms with Crippen LogP contribution >= 0.6 is 0 Å². The van der Waals surface area contributed by atoms with Crippen LogP contribution in [0.5, 0.6) is 0 Å². The lowest BCUT2D eigenvalue weighted by Gasteiger charge is -2.17. The molecule has 1 aromatic carbocycles. The lowest BCUT2D eigenvalue weighted by Crippen LogP contribution is -2.34. The molecular formula is C15H20N4O3S. The molecule has 1 heterocycles. The Balaban J connectivity index is 1.95. The van der Waals surface area contributed by atoms with E-state index in [0.717, 1.165) is 25.7 Å². The van der Waals surface area contributed by atoms with Crippen molar-refractivity contribution in [1.29, 1.82) is 0 Å². The largest absolute Gasteiger partial charge is 0.334 e. The van der Waals surface area contributed by atoms with Crippen LogP contribution in [0.1, 0.15) is 38.4 Å². The Morgan fingerprint density at radius 2 is 2.00 bits per heavy atom. The van der Waals surface area contributed by atoms with Crippen molar-refractivity contribution in [3.05, 3.63) is 30.1 Å². The first kappa shape index (κ1) is 15.9. The third-order valence-corrected chi connectivity index (χ3v) is 5.46. The molecule has 3 rings (SSSR count). The molecule has 0 amide bonds. The average molecular weight is 336 g/mol. The van der Waals surface area contributed by atoms with Gasteiger partial charge in [-0.1, -0.05) is 30.1 Å². The quantitative estimate of drug-likeness (QED) is 0.866. The third kappa shape index (κ3) is 3.23. The van der Waals surface area contributed by atoms with Crippen molar-refractivity contribution in [3.63, 3.8) is 0 Å². The number of aromatic nitrogens is 2. The second-order valence-electron chi connectivity index (χ2n) is 5.84. The number of hydrogen-bond donors (Lipinski definition) is 2. The van der Waals surface area contributed by atoms with E-state index in [9.17, 15) is 8.42 Å². The van der Waals surface area contributed by atoms with Crippen molar-refractivity contribution < 1.29 is 12.9 Å². The van der Waals surface area contributed by atoms with Gasteiger partial charge in [0.05, 0.1) is 22.5 Å². The number of rotatable bonds is 5. The number of sulfonamides is 1. The highest BCUT2D eigenvalue weighted by molar-refractivity contribution is 7.92. The average Bonchev–Trinajstić information content (AvgIpc) is 3.17. The molecule has 8 heteroatoms. The number of nitrogens with zero attached hydrogens (tertiary/aromatic N) is 2. The summed E-state index contributed by atoms with van der Waals surface area (Å²) in [5.41, 5.74) is 6.76. The molecule has 124 valence electrons. The van der Waals surface area contributed by atoms with Gasteiger partial charge in [-0.2, -0.15) is 4.98 Å². The van der Waals surface area contributed by atoms with Crippen LogP contribution in [0.4, 0.5) is 5.69 Å². The second-order valence-corrected chi connectivity index (χ2v) is 7.85. The van der Waals surface area contributed by atoms with Gasteiger partial charge in [-0.15, -0.1) is 0 Å². The summed E-state index contributed by atoms with van der Waals surface area (Å²) in [5, 5.41) is 4.02. The second kappa shape index (κ2) is 5.93. The molecule has 0 spiro atoms. The molecule has 7 nitrogen and oxygen atoms in total. The molecule has 3 N–H and O–H groups in total. The molecule has 23 heavy (non-hydrogen) atoms. The zero-order chi connectivity index (χ0) is 16.5. The Labute approximate surface area is 135 Å². The summed E-state index contributed by atoms with van der Waals surface area (Å²) in [6.45, 7) is 1.58. The van der Waals surface area contributed by atoms with Gasteiger partial charge >= 0.3 is 0 Å². The minimum atomic E-state index is -3.39. The first-order valence-corrected chi connectivity index (χ1v) is 9.32. The summed E-state index contributed by atoms with van der Waals surface area (Å²) in [6.07, 6.45) is 3.76. The summed E-state index contributed by atoms with van der Waals surface area (Å²) in [7, 11) is -3.39. The van der Waals surface area contributed by atoms with E-state index in [4.69, 9.17) is 10.3 Å². The molecule has 0 unspecified atom stereocenters. The highest BCUT2D eigenvalue weighted by atomic mass is 32.2. The highest BCUT2D eigenvalue weighted by Gasteiger charge is 2.36. The van der Waals surface area contributed by atoms with E-state index in [-0.39, 0.29) is 11.6 Å². The fraction of sp³-hybridized carbons (Fsp3) is 0.467. The molecule has 1 saturated carbocycles. The number of nitrogens with two attached hydrogens (primary N) is 1. The van der Waals surface area contributed by atoms with E-state index in [1.54, 1.807) is 31.2 Å². The maximum absolute atomic E-state index is 11.8. The summed E-state index contributed by atoms with van der Waals surface area (Å²) in [6, 6.07) is 6.94. The Hall–Kier alpha value is -1.93. The van der Waals surface area contributed by atoms with Crippen molar-refractivity contribution in [1.82, 2.24) is 10.1 Å². The minimum Gasteiger partial charge on any atom is -0.334 e. The summed E-state index contributed by atoms with van der Waals surface area (Å²) >= 11 is 0. The molecule has 0 radical (unpaired) electrons. The summed E-state index contributed by atoms with van der Waals surface area (Å²) in [5.74, 6) is 0.742. The molecule has 0 bridgehead atoms. The predicted molar refractivity (Wildman–Crippen MR) is 87.2 cm³/mol. The van der Waals surface area contributed by atoms with Gasteiger partial charge in [-0.3, -0.25) is 4.72 Å². The Bertz CT molecular complexity index is 795. The topological polar surface area (TPSA) is 111 Å². The molecule has 0 aliphatic heterocycles. The van der Waals surface area contributed by atoms with Crippen LogP contribution in [0, 0.1) is 0 Å². The van der Waals surface area contributed by atoms with Crippen LogP contribution in [0.2, 0.25) is 0 Å². The van der Waals surface area contributed by atoms with Crippen LogP contribution in [0.3, 0.4) is 0 Å². The van der Waals surface area contributed by atoms with Crippen LogP contribution < -0.4 is 10.5 Å². The van der Waals surface area contributed by atoms with Crippen LogP contribution in [0.15, 0.2) is 28.8 Å². The standard InChI is InChI=1S/C15H20N4O3S/c1-2-23(20,21)19-12-8-4-3-7-11(12)13-17-14(18-22-13)15(16)9-5-6-10-15/h3-4,7-8,19H,2,5-6,9-10,16H2,1H3. The Morgan fingerprint density at radius 1 is 1.30 bits per heavy atom. The van der Waals surface area contributed by atoms with E-state index in [0.29, 0.717) is 17.1 Å². The maximum Gasteiger partial charge on any atom is 0.260 e. The first-order chi connectivity index (χ1) is 10.9. The normalized spacial score (nSPS) is 17.3. The third-order valence-electron chi connectivity index (χ3n) is 4.17. The molecule has 1 fully saturated rings. The fourth-order valence-electron chi connectivity index (χ4n) is 2.76. The zero-order valence-corrected chi connectivity index (χ0v) is 13.8. The minimum absolute atomic E-state index is 0.0116. The van der Waals surface area contributed by atoms with E-state index in [1.165, 1.54) is 0 Å². The summed E-state index contributed by atoms with van der Waals surface area (Å²) < 4.78 is 31.5. The Kier molecular flexibility index (Phi) is 4.11. The number of para-hydroxylation sites is 1. The van der Waals surface area contributed by atoms with Gasteiger partial charge in [0.25, 0.3) is 5.89 Å². The van der Waals surface area contributed by atoms with Crippen LogP contribution in [0.25, 0.3) is 11.5 Å². The number of anilines is 1. The molecule has 1 aliphatic carbocycles. The fourth-order valence-corrected chi connectivity index (χ4v) is 3.42. The van der Waals surface area contributed by atoms with Gasteiger partial charge in [-0.05, 0) is 31.9 Å².